The number of hydrogen-bond donors (Lipinski definition) is 3. The molecule has 0 saturated carbocycles. The summed E-state index contributed by atoms with van der Waals surface area (Å²) in [4.78, 5) is 41.9. The van der Waals surface area contributed by atoms with E-state index in [0.717, 1.165) is 27.8 Å². The molecule has 306 valence electrons. The van der Waals surface area contributed by atoms with E-state index in [9.17, 15) is 19.5 Å². The number of fused-ring (bicyclic) bond motifs is 2. The third-order valence-corrected chi connectivity index (χ3v) is 11.6. The Kier molecular flexibility index (Phi) is 12.0. The van der Waals surface area contributed by atoms with Gasteiger partial charge in [-0.3, -0.25) is 14.5 Å². The van der Waals surface area contributed by atoms with Crippen molar-refractivity contribution in [1.82, 2.24) is 10.2 Å². The topological polar surface area (TPSA) is 141 Å². The first-order chi connectivity index (χ1) is 29.5. The second-order valence-corrected chi connectivity index (χ2v) is 15.7. The van der Waals surface area contributed by atoms with E-state index in [0.29, 0.717) is 49.5 Å². The summed E-state index contributed by atoms with van der Waals surface area (Å²) in [5, 5.41) is 26.0. The van der Waals surface area contributed by atoms with Gasteiger partial charge in [0.2, 0.25) is 12.0 Å². The standard InChI is InChI=1S/C48H37Cl2FN4O6/c49-38-18-9-30(19-39(38)50)27-60-37-16-14-33(15-17-37)45-47(57)53-41-21-35-22-43(55(26-36(35)23-44(41)61-45)25-34-3-1-2-4-40(34)51)46(56)54-42(48(58)59)20-28-5-10-31(11-6-28)32-12-7-29(24-52)8-13-32/h1-19,21,23,42-43,45H,20,22,25-27H2,(H,53,57)(H,54,56)(H,58,59)/t42-,43?,45-/m0/s1. The molecule has 3 N–H and O–H groups in total. The van der Waals surface area contributed by atoms with Crippen LogP contribution >= 0.6 is 23.2 Å². The van der Waals surface area contributed by atoms with Crippen LogP contribution in [0.25, 0.3) is 11.1 Å². The number of halogens is 3. The SMILES string of the molecule is N#Cc1ccc(-c2ccc(C[C@H](NC(=O)C3Cc4cc5c(cc4CN3Cc3ccccc3F)O[C@@H](c3ccc(OCc4ccc(Cl)c(Cl)c4)cc3)C(=O)N5)C(=O)O)cc2)cc1. The van der Waals surface area contributed by atoms with Crippen molar-refractivity contribution in [1.29, 1.82) is 5.26 Å². The molecule has 0 aliphatic carbocycles. The number of nitrogens with zero attached hydrogens (tertiary/aromatic N) is 2. The number of carboxylic acids is 1. The van der Waals surface area contributed by atoms with E-state index in [-0.39, 0.29) is 38.4 Å². The summed E-state index contributed by atoms with van der Waals surface area (Å²) in [7, 11) is 0. The molecule has 2 heterocycles. The van der Waals surface area contributed by atoms with Crippen LogP contribution in [0.1, 0.15) is 45.0 Å². The zero-order chi connectivity index (χ0) is 42.6. The first-order valence-corrected chi connectivity index (χ1v) is 20.2. The lowest BCUT2D eigenvalue weighted by Crippen LogP contribution is -2.54. The largest absolute Gasteiger partial charge is 0.489 e. The van der Waals surface area contributed by atoms with E-state index in [1.807, 2.05) is 53.4 Å². The third kappa shape index (κ3) is 9.37. The number of rotatable bonds is 12. The summed E-state index contributed by atoms with van der Waals surface area (Å²) >= 11 is 12.2. The van der Waals surface area contributed by atoms with Gasteiger partial charge in [-0.05, 0) is 94.4 Å². The van der Waals surface area contributed by atoms with Gasteiger partial charge < -0.3 is 25.2 Å². The number of nitriles is 1. The number of nitrogens with one attached hydrogen (secondary N) is 2. The zero-order valence-electron chi connectivity index (χ0n) is 32.4. The summed E-state index contributed by atoms with van der Waals surface area (Å²) in [6.45, 7) is 0.564. The first-order valence-electron chi connectivity index (χ1n) is 19.4. The van der Waals surface area contributed by atoms with Crippen molar-refractivity contribution < 1.29 is 33.4 Å². The Morgan fingerprint density at radius 1 is 0.902 bits per heavy atom. The molecule has 2 aliphatic rings. The van der Waals surface area contributed by atoms with Crippen LogP contribution in [-0.2, 0) is 46.9 Å². The van der Waals surface area contributed by atoms with Crippen LogP contribution in [0.2, 0.25) is 10.0 Å². The molecule has 0 bridgehead atoms. The van der Waals surface area contributed by atoms with E-state index >= 15 is 4.39 Å². The Balaban J connectivity index is 0.984. The molecule has 3 atom stereocenters. The number of carbonyl (C=O) groups excluding carboxylic acids is 2. The monoisotopic (exact) mass is 854 g/mol. The highest BCUT2D eigenvalue weighted by Gasteiger charge is 2.37. The van der Waals surface area contributed by atoms with Gasteiger partial charge in [0.15, 0.2) is 0 Å². The molecule has 13 heteroatoms. The van der Waals surface area contributed by atoms with E-state index in [4.69, 9.17) is 37.9 Å². The average molecular weight is 856 g/mol. The molecule has 0 radical (unpaired) electrons. The summed E-state index contributed by atoms with van der Waals surface area (Å²) < 4.78 is 27.2. The van der Waals surface area contributed by atoms with E-state index < -0.39 is 35.9 Å². The van der Waals surface area contributed by atoms with Crippen LogP contribution in [-0.4, -0.2) is 39.9 Å². The normalized spacial score (nSPS) is 16.2. The summed E-state index contributed by atoms with van der Waals surface area (Å²) in [5.41, 5.74) is 6.90. The molecule has 8 rings (SSSR count). The Bertz CT molecular complexity index is 2670. The van der Waals surface area contributed by atoms with Crippen molar-refractivity contribution in [2.24, 2.45) is 0 Å². The predicted octanol–water partition coefficient (Wildman–Crippen LogP) is 9.06. The predicted molar refractivity (Wildman–Crippen MR) is 229 cm³/mol. The minimum Gasteiger partial charge on any atom is -0.489 e. The van der Waals surface area contributed by atoms with Crippen molar-refractivity contribution >= 4 is 46.7 Å². The number of anilines is 1. The Morgan fingerprint density at radius 3 is 2.30 bits per heavy atom. The molecule has 0 aromatic heterocycles. The van der Waals surface area contributed by atoms with Crippen LogP contribution in [0.15, 0.2) is 127 Å². The van der Waals surface area contributed by atoms with Gasteiger partial charge in [0.25, 0.3) is 5.91 Å². The fraction of sp³-hybridized carbons (Fsp3) is 0.167. The van der Waals surface area contributed by atoms with Gasteiger partial charge >= 0.3 is 5.97 Å². The fourth-order valence-electron chi connectivity index (χ4n) is 7.54. The van der Waals surface area contributed by atoms with Gasteiger partial charge in [0, 0.05) is 30.6 Å². The highest BCUT2D eigenvalue weighted by atomic mass is 35.5. The number of benzene rings is 6. The number of carbonyl (C=O) groups is 3. The Morgan fingerprint density at radius 2 is 1.61 bits per heavy atom. The maximum absolute atomic E-state index is 15.0. The summed E-state index contributed by atoms with van der Waals surface area (Å²) in [5.74, 6) is -1.50. The minimum atomic E-state index is -1.25. The Labute approximate surface area is 361 Å². The van der Waals surface area contributed by atoms with Crippen LogP contribution < -0.4 is 20.1 Å². The lowest BCUT2D eigenvalue weighted by Gasteiger charge is -2.37. The van der Waals surface area contributed by atoms with Crippen molar-refractivity contribution in [2.45, 2.75) is 50.7 Å². The van der Waals surface area contributed by atoms with Crippen LogP contribution in [0.5, 0.6) is 11.5 Å². The second-order valence-electron chi connectivity index (χ2n) is 14.9. The van der Waals surface area contributed by atoms with Crippen LogP contribution in [0.4, 0.5) is 10.1 Å². The van der Waals surface area contributed by atoms with Crippen LogP contribution in [0.3, 0.4) is 0 Å². The highest BCUT2D eigenvalue weighted by molar-refractivity contribution is 6.42. The fourth-order valence-corrected chi connectivity index (χ4v) is 7.86. The summed E-state index contributed by atoms with van der Waals surface area (Å²) in [6, 6.07) is 36.7. The number of hydrogen-bond acceptors (Lipinski definition) is 7. The van der Waals surface area contributed by atoms with Crippen molar-refractivity contribution in [2.75, 3.05) is 5.32 Å². The van der Waals surface area contributed by atoms with Gasteiger partial charge in [-0.1, -0.05) is 96.0 Å². The average Bonchev–Trinajstić information content (AvgIpc) is 3.26. The van der Waals surface area contributed by atoms with Gasteiger partial charge in [-0.2, -0.15) is 5.26 Å². The highest BCUT2D eigenvalue weighted by Crippen LogP contribution is 2.40. The molecule has 0 spiro atoms. The molecular weight excluding hydrogens is 818 g/mol. The molecule has 2 amide bonds. The Hall–Kier alpha value is -6.71. The maximum Gasteiger partial charge on any atom is 0.326 e. The molecule has 0 saturated heterocycles. The molecule has 6 aromatic rings. The third-order valence-electron chi connectivity index (χ3n) is 10.8. The molecular formula is C48H37Cl2FN4O6. The lowest BCUT2D eigenvalue weighted by molar-refractivity contribution is -0.142. The van der Waals surface area contributed by atoms with Crippen LogP contribution in [0, 0.1) is 17.1 Å². The zero-order valence-corrected chi connectivity index (χ0v) is 33.9. The lowest BCUT2D eigenvalue weighted by atomic mass is 9.91. The van der Waals surface area contributed by atoms with E-state index in [1.54, 1.807) is 72.8 Å². The van der Waals surface area contributed by atoms with Crippen molar-refractivity contribution in [3.63, 3.8) is 0 Å². The first kappa shape index (κ1) is 41.0. The van der Waals surface area contributed by atoms with E-state index in [1.165, 1.54) is 6.07 Å². The maximum atomic E-state index is 15.0. The molecule has 0 fully saturated rings. The van der Waals surface area contributed by atoms with Gasteiger partial charge in [0.1, 0.15) is 30.0 Å². The molecule has 10 nitrogen and oxygen atoms in total. The quantitative estimate of drug-likeness (QED) is 0.111. The van der Waals surface area contributed by atoms with Gasteiger partial charge in [0.05, 0.1) is 33.4 Å². The smallest absolute Gasteiger partial charge is 0.326 e. The van der Waals surface area contributed by atoms with Crippen molar-refractivity contribution in [3.8, 4) is 28.7 Å². The minimum absolute atomic E-state index is 0.0257. The second kappa shape index (κ2) is 17.9. The van der Waals surface area contributed by atoms with E-state index in [2.05, 4.69) is 16.7 Å². The molecule has 2 aliphatic heterocycles. The number of amides is 2. The van der Waals surface area contributed by atoms with Gasteiger partial charge in [-0.25, -0.2) is 9.18 Å². The number of ether oxygens (including phenoxy) is 2. The number of aliphatic carboxylic acids is 1. The number of carboxylic acid groups (broad SMARTS) is 1. The van der Waals surface area contributed by atoms with Gasteiger partial charge in [-0.15, -0.1) is 0 Å². The molecule has 61 heavy (non-hydrogen) atoms. The molecule has 6 aromatic carbocycles. The molecule has 1 unspecified atom stereocenters. The van der Waals surface area contributed by atoms with Crippen molar-refractivity contribution in [3.05, 3.63) is 182 Å². The summed E-state index contributed by atoms with van der Waals surface area (Å²) in [6.07, 6.45) is -0.763.